The normalized spacial score (nSPS) is 21.2. The third-order valence-corrected chi connectivity index (χ3v) is 4.64. The van der Waals surface area contributed by atoms with Gasteiger partial charge in [0.1, 0.15) is 5.41 Å². The Balaban J connectivity index is 2.25. The van der Waals surface area contributed by atoms with Crippen molar-refractivity contribution in [3.63, 3.8) is 0 Å². The van der Waals surface area contributed by atoms with Gasteiger partial charge in [0.05, 0.1) is 17.2 Å². The van der Waals surface area contributed by atoms with Crippen molar-refractivity contribution in [2.24, 2.45) is 5.41 Å². The average Bonchev–Trinajstić information content (AvgIpc) is 2.88. The quantitative estimate of drug-likeness (QED) is 0.923. The molecule has 0 bridgehead atoms. The number of halogens is 1. The van der Waals surface area contributed by atoms with Crippen molar-refractivity contribution in [1.82, 2.24) is 4.90 Å². The molecule has 0 aromatic heterocycles. The van der Waals surface area contributed by atoms with Crippen molar-refractivity contribution in [1.29, 1.82) is 0 Å². The van der Waals surface area contributed by atoms with E-state index in [0.717, 1.165) is 11.1 Å². The zero-order valence-corrected chi connectivity index (χ0v) is 13.7. The van der Waals surface area contributed by atoms with Crippen LogP contribution in [0.5, 0.6) is 0 Å². The number of carbonyl (C=O) groups excluding carboxylic acids is 1. The molecule has 120 valence electrons. The monoisotopic (exact) mass is 325 g/mol. The van der Waals surface area contributed by atoms with Gasteiger partial charge < -0.3 is 14.7 Å². The first-order chi connectivity index (χ1) is 10.3. The molecule has 6 heteroatoms. The second-order valence-corrected chi connectivity index (χ2v) is 6.32. The van der Waals surface area contributed by atoms with Gasteiger partial charge >= 0.3 is 5.97 Å². The number of rotatable bonds is 4. The number of hydrogen-bond acceptors (Lipinski definition) is 3. The van der Waals surface area contributed by atoms with Crippen LogP contribution in [0.2, 0.25) is 5.02 Å². The highest BCUT2D eigenvalue weighted by atomic mass is 35.5. The van der Waals surface area contributed by atoms with Crippen LogP contribution in [0.4, 0.5) is 0 Å². The van der Waals surface area contributed by atoms with Crippen LogP contribution in [-0.4, -0.2) is 48.7 Å². The zero-order chi connectivity index (χ0) is 16.5. The molecular weight excluding hydrogens is 306 g/mol. The molecule has 1 aliphatic rings. The fraction of sp³-hybridized carbons (Fsp3) is 0.500. The number of hydrogen-bond donors (Lipinski definition) is 1. The molecule has 1 unspecified atom stereocenters. The van der Waals surface area contributed by atoms with E-state index in [1.54, 1.807) is 17.0 Å². The highest BCUT2D eigenvalue weighted by Gasteiger charge is 2.46. The van der Waals surface area contributed by atoms with Crippen LogP contribution < -0.4 is 0 Å². The zero-order valence-electron chi connectivity index (χ0n) is 13.0. The Labute approximate surface area is 134 Å². The molecule has 1 amide bonds. The third-order valence-electron chi connectivity index (χ3n) is 4.33. The predicted octanol–water partition coefficient (Wildman–Crippen LogP) is 2.52. The summed E-state index contributed by atoms with van der Waals surface area (Å²) in [6.07, 6.45) is 0.379. The van der Waals surface area contributed by atoms with E-state index >= 15 is 0 Å². The number of carbonyl (C=O) groups is 2. The topological polar surface area (TPSA) is 66.8 Å². The van der Waals surface area contributed by atoms with Gasteiger partial charge in [-0.05, 0) is 43.5 Å². The molecule has 1 saturated heterocycles. The molecule has 1 fully saturated rings. The largest absolute Gasteiger partial charge is 0.481 e. The standard InChI is InChI=1S/C16H20ClNO4/c1-10-6-12(13(17)7-11(10)2)14(19)18-5-4-16(8-18,9-22-3)15(20)21/h6-7H,4-5,8-9H2,1-3H3,(H,20,21). The minimum Gasteiger partial charge on any atom is -0.481 e. The summed E-state index contributed by atoms with van der Waals surface area (Å²) >= 11 is 6.18. The van der Waals surface area contributed by atoms with Gasteiger partial charge in [-0.15, -0.1) is 0 Å². The lowest BCUT2D eigenvalue weighted by molar-refractivity contribution is -0.151. The summed E-state index contributed by atoms with van der Waals surface area (Å²) < 4.78 is 5.04. The highest BCUT2D eigenvalue weighted by Crippen LogP contribution is 2.33. The third kappa shape index (κ3) is 2.96. The number of aliphatic carboxylic acids is 1. The number of methoxy groups -OCH3 is 1. The molecule has 5 nitrogen and oxygen atoms in total. The van der Waals surface area contributed by atoms with Gasteiger partial charge in [0, 0.05) is 20.2 Å². The van der Waals surface area contributed by atoms with E-state index in [4.69, 9.17) is 16.3 Å². The smallest absolute Gasteiger partial charge is 0.313 e. The van der Waals surface area contributed by atoms with E-state index in [2.05, 4.69) is 0 Å². The minimum absolute atomic E-state index is 0.0901. The maximum Gasteiger partial charge on any atom is 0.313 e. The van der Waals surface area contributed by atoms with Gasteiger partial charge in [0.2, 0.25) is 0 Å². The Morgan fingerprint density at radius 1 is 1.36 bits per heavy atom. The Morgan fingerprint density at radius 3 is 2.59 bits per heavy atom. The van der Waals surface area contributed by atoms with Crippen molar-refractivity contribution in [2.75, 3.05) is 26.8 Å². The molecule has 1 aromatic carbocycles. The molecule has 1 atom stereocenters. The summed E-state index contributed by atoms with van der Waals surface area (Å²) in [6.45, 7) is 4.46. The predicted molar refractivity (Wildman–Crippen MR) is 83.4 cm³/mol. The highest BCUT2D eigenvalue weighted by molar-refractivity contribution is 6.34. The molecule has 0 aliphatic carbocycles. The van der Waals surface area contributed by atoms with E-state index in [-0.39, 0.29) is 19.1 Å². The average molecular weight is 326 g/mol. The van der Waals surface area contributed by atoms with Crippen LogP contribution in [0.3, 0.4) is 0 Å². The molecule has 1 aromatic rings. The molecular formula is C16H20ClNO4. The van der Waals surface area contributed by atoms with Crippen LogP contribution in [0, 0.1) is 19.3 Å². The molecule has 1 aliphatic heterocycles. The first-order valence-electron chi connectivity index (χ1n) is 7.09. The summed E-state index contributed by atoms with van der Waals surface area (Å²) in [6, 6.07) is 3.52. The lowest BCUT2D eigenvalue weighted by Gasteiger charge is -2.24. The van der Waals surface area contributed by atoms with Crippen molar-refractivity contribution >= 4 is 23.5 Å². The van der Waals surface area contributed by atoms with Crippen molar-refractivity contribution in [2.45, 2.75) is 20.3 Å². The Hall–Kier alpha value is -1.59. The van der Waals surface area contributed by atoms with Crippen LogP contribution in [0.1, 0.15) is 27.9 Å². The molecule has 2 rings (SSSR count). The fourth-order valence-corrected chi connectivity index (χ4v) is 3.09. The van der Waals surface area contributed by atoms with Gasteiger partial charge in [-0.2, -0.15) is 0 Å². The number of nitrogens with zero attached hydrogens (tertiary/aromatic N) is 1. The van der Waals surface area contributed by atoms with E-state index in [9.17, 15) is 14.7 Å². The van der Waals surface area contributed by atoms with Crippen LogP contribution in [0.25, 0.3) is 0 Å². The Kier molecular flexibility index (Phi) is 4.78. The van der Waals surface area contributed by atoms with Gasteiger partial charge in [0.15, 0.2) is 0 Å². The van der Waals surface area contributed by atoms with E-state index in [1.165, 1.54) is 7.11 Å². The van der Waals surface area contributed by atoms with Gasteiger partial charge in [0.25, 0.3) is 5.91 Å². The molecule has 1 heterocycles. The number of likely N-dealkylation sites (tertiary alicyclic amines) is 1. The molecule has 1 N–H and O–H groups in total. The lowest BCUT2D eigenvalue weighted by atomic mass is 9.88. The number of carboxylic acid groups (broad SMARTS) is 1. The number of amides is 1. The maximum atomic E-state index is 12.7. The first kappa shape index (κ1) is 16.8. The van der Waals surface area contributed by atoms with Gasteiger partial charge in [-0.1, -0.05) is 11.6 Å². The van der Waals surface area contributed by atoms with Crippen molar-refractivity contribution in [3.05, 3.63) is 33.8 Å². The minimum atomic E-state index is -1.03. The summed E-state index contributed by atoms with van der Waals surface area (Å²) in [5.41, 5.74) is 1.38. The maximum absolute atomic E-state index is 12.7. The number of aryl methyl sites for hydroxylation is 2. The van der Waals surface area contributed by atoms with E-state index in [1.807, 2.05) is 13.8 Å². The van der Waals surface area contributed by atoms with Crippen LogP contribution in [0.15, 0.2) is 12.1 Å². The van der Waals surface area contributed by atoms with Crippen LogP contribution in [-0.2, 0) is 9.53 Å². The summed E-state index contributed by atoms with van der Waals surface area (Å²) in [7, 11) is 1.47. The molecule has 0 saturated carbocycles. The molecule has 22 heavy (non-hydrogen) atoms. The van der Waals surface area contributed by atoms with E-state index in [0.29, 0.717) is 23.6 Å². The molecule has 0 spiro atoms. The SMILES string of the molecule is COCC1(C(=O)O)CCN(C(=O)c2cc(C)c(C)cc2Cl)C1. The summed E-state index contributed by atoms with van der Waals surface area (Å²) in [4.78, 5) is 25.7. The second-order valence-electron chi connectivity index (χ2n) is 5.91. The molecule has 0 radical (unpaired) electrons. The number of benzene rings is 1. The Bertz CT molecular complexity index is 616. The summed E-state index contributed by atoms with van der Waals surface area (Å²) in [5.74, 6) is -1.16. The number of carboxylic acids is 1. The fourth-order valence-electron chi connectivity index (χ4n) is 2.79. The Morgan fingerprint density at radius 2 is 2.00 bits per heavy atom. The van der Waals surface area contributed by atoms with Crippen molar-refractivity contribution in [3.8, 4) is 0 Å². The second kappa shape index (κ2) is 6.26. The van der Waals surface area contributed by atoms with E-state index < -0.39 is 11.4 Å². The van der Waals surface area contributed by atoms with Crippen LogP contribution >= 0.6 is 11.6 Å². The summed E-state index contributed by atoms with van der Waals surface area (Å²) in [5, 5.41) is 9.85. The number of ether oxygens (including phenoxy) is 1. The first-order valence-corrected chi connectivity index (χ1v) is 7.47. The lowest BCUT2D eigenvalue weighted by Crippen LogP contribution is -2.40. The van der Waals surface area contributed by atoms with Crippen molar-refractivity contribution < 1.29 is 19.4 Å². The van der Waals surface area contributed by atoms with Gasteiger partial charge in [-0.25, -0.2) is 0 Å². The van der Waals surface area contributed by atoms with Gasteiger partial charge in [-0.3, -0.25) is 9.59 Å².